The molecule has 0 spiro atoms. The third kappa shape index (κ3) is 4.08. The molecule has 1 atom stereocenters. The molecule has 1 rings (SSSR count). The third-order valence-corrected chi connectivity index (χ3v) is 2.82. The van der Waals surface area contributed by atoms with Crippen molar-refractivity contribution in [1.29, 1.82) is 0 Å². The molecule has 3 N–H and O–H groups in total. The van der Waals surface area contributed by atoms with Gasteiger partial charge in [-0.25, -0.2) is 0 Å². The number of rotatable bonds is 6. The zero-order valence-corrected chi connectivity index (χ0v) is 10.3. The Morgan fingerprint density at radius 1 is 1.50 bits per heavy atom. The molecule has 0 saturated carbocycles. The van der Waals surface area contributed by atoms with Crippen LogP contribution in [0, 0.1) is 0 Å². The lowest BCUT2D eigenvalue weighted by atomic mass is 9.99. The number of unbranched alkanes of at least 4 members (excludes halogenated alkanes) is 1. The van der Waals surface area contributed by atoms with Crippen molar-refractivity contribution in [2.24, 2.45) is 5.73 Å². The lowest BCUT2D eigenvalue weighted by Crippen LogP contribution is -2.54. The average molecular weight is 229 g/mol. The molecule has 5 heteroatoms. The SMILES string of the molecule is CN(C)CCCCNC(=O)C1(N)CCOC1. The standard InChI is InChI=1S/C11H23N3O2/c1-14(2)7-4-3-6-13-10(15)11(12)5-8-16-9-11/h3-9,12H2,1-2H3,(H,13,15). The summed E-state index contributed by atoms with van der Waals surface area (Å²) in [4.78, 5) is 13.9. The van der Waals surface area contributed by atoms with Crippen molar-refractivity contribution in [2.75, 3.05) is 40.4 Å². The van der Waals surface area contributed by atoms with E-state index in [1.54, 1.807) is 0 Å². The van der Waals surface area contributed by atoms with E-state index in [0.717, 1.165) is 19.4 Å². The fourth-order valence-corrected chi connectivity index (χ4v) is 1.69. The second-order valence-corrected chi connectivity index (χ2v) is 4.73. The predicted molar refractivity (Wildman–Crippen MR) is 63.2 cm³/mol. The first-order valence-electron chi connectivity index (χ1n) is 5.84. The molecule has 5 nitrogen and oxygen atoms in total. The van der Waals surface area contributed by atoms with Crippen molar-refractivity contribution >= 4 is 5.91 Å². The van der Waals surface area contributed by atoms with Gasteiger partial charge in [-0.05, 0) is 39.9 Å². The summed E-state index contributed by atoms with van der Waals surface area (Å²) < 4.78 is 5.15. The molecule has 1 saturated heterocycles. The normalized spacial score (nSPS) is 25.0. The van der Waals surface area contributed by atoms with E-state index in [-0.39, 0.29) is 5.91 Å². The molecular weight excluding hydrogens is 206 g/mol. The largest absolute Gasteiger partial charge is 0.379 e. The number of hydrogen-bond donors (Lipinski definition) is 2. The number of carbonyl (C=O) groups excluding carboxylic acids is 1. The molecule has 0 aromatic rings. The van der Waals surface area contributed by atoms with E-state index in [4.69, 9.17) is 10.5 Å². The molecule has 1 unspecified atom stereocenters. The molecule has 0 aliphatic carbocycles. The Morgan fingerprint density at radius 2 is 2.25 bits per heavy atom. The van der Waals surface area contributed by atoms with Crippen LogP contribution in [0.5, 0.6) is 0 Å². The van der Waals surface area contributed by atoms with Gasteiger partial charge in [0.2, 0.25) is 5.91 Å². The van der Waals surface area contributed by atoms with Gasteiger partial charge < -0.3 is 20.7 Å². The summed E-state index contributed by atoms with van der Waals surface area (Å²) in [6.07, 6.45) is 2.69. The van der Waals surface area contributed by atoms with Gasteiger partial charge in [0, 0.05) is 13.2 Å². The Balaban J connectivity index is 2.10. The van der Waals surface area contributed by atoms with Crippen LogP contribution in [0.25, 0.3) is 0 Å². The highest BCUT2D eigenvalue weighted by Crippen LogP contribution is 2.15. The van der Waals surface area contributed by atoms with E-state index in [2.05, 4.69) is 10.2 Å². The first kappa shape index (κ1) is 13.4. The second kappa shape index (κ2) is 6.18. The van der Waals surface area contributed by atoms with Crippen molar-refractivity contribution in [3.63, 3.8) is 0 Å². The van der Waals surface area contributed by atoms with Crippen LogP contribution in [0.4, 0.5) is 0 Å². The monoisotopic (exact) mass is 229 g/mol. The Kier molecular flexibility index (Phi) is 5.18. The third-order valence-electron chi connectivity index (χ3n) is 2.82. The maximum absolute atomic E-state index is 11.7. The number of hydrogen-bond acceptors (Lipinski definition) is 4. The minimum absolute atomic E-state index is 0.0742. The Bertz CT molecular complexity index is 225. The van der Waals surface area contributed by atoms with E-state index in [1.165, 1.54) is 0 Å². The summed E-state index contributed by atoms with van der Waals surface area (Å²) in [7, 11) is 4.09. The van der Waals surface area contributed by atoms with Crippen LogP contribution in [-0.4, -0.2) is 56.7 Å². The van der Waals surface area contributed by atoms with Gasteiger partial charge in [0.25, 0.3) is 0 Å². The zero-order valence-electron chi connectivity index (χ0n) is 10.3. The molecule has 0 aromatic carbocycles. The van der Waals surface area contributed by atoms with Crippen LogP contribution in [-0.2, 0) is 9.53 Å². The molecule has 1 fully saturated rings. The lowest BCUT2D eigenvalue weighted by Gasteiger charge is -2.20. The van der Waals surface area contributed by atoms with Crippen LogP contribution in [0.2, 0.25) is 0 Å². The topological polar surface area (TPSA) is 67.6 Å². The molecule has 1 aliphatic rings. The quantitative estimate of drug-likeness (QED) is 0.606. The first-order chi connectivity index (χ1) is 7.54. The van der Waals surface area contributed by atoms with Gasteiger partial charge in [0.1, 0.15) is 5.54 Å². The fourth-order valence-electron chi connectivity index (χ4n) is 1.69. The lowest BCUT2D eigenvalue weighted by molar-refractivity contribution is -0.126. The minimum atomic E-state index is -0.790. The summed E-state index contributed by atoms with van der Waals surface area (Å²) in [5, 5.41) is 2.88. The predicted octanol–water partition coefficient (Wildman–Crippen LogP) is -0.438. The molecule has 0 bridgehead atoms. The number of amides is 1. The molecule has 0 aromatic heterocycles. The molecule has 1 heterocycles. The van der Waals surface area contributed by atoms with E-state index in [1.807, 2.05) is 14.1 Å². The second-order valence-electron chi connectivity index (χ2n) is 4.73. The smallest absolute Gasteiger partial charge is 0.242 e. The van der Waals surface area contributed by atoms with E-state index in [9.17, 15) is 4.79 Å². The van der Waals surface area contributed by atoms with Crippen molar-refractivity contribution in [1.82, 2.24) is 10.2 Å². The van der Waals surface area contributed by atoms with Gasteiger partial charge in [-0.2, -0.15) is 0 Å². The summed E-state index contributed by atoms with van der Waals surface area (Å²) in [5.41, 5.74) is 5.13. The highest BCUT2D eigenvalue weighted by molar-refractivity contribution is 5.86. The number of nitrogens with one attached hydrogen (secondary N) is 1. The molecule has 0 radical (unpaired) electrons. The minimum Gasteiger partial charge on any atom is -0.379 e. The molecule has 1 aliphatic heterocycles. The molecule has 94 valence electrons. The van der Waals surface area contributed by atoms with Gasteiger partial charge in [-0.1, -0.05) is 0 Å². The van der Waals surface area contributed by atoms with Crippen molar-refractivity contribution in [3.05, 3.63) is 0 Å². The highest BCUT2D eigenvalue weighted by atomic mass is 16.5. The van der Waals surface area contributed by atoms with Gasteiger partial charge in [-0.15, -0.1) is 0 Å². The Morgan fingerprint density at radius 3 is 2.81 bits per heavy atom. The van der Waals surface area contributed by atoms with E-state index in [0.29, 0.717) is 26.2 Å². The van der Waals surface area contributed by atoms with E-state index < -0.39 is 5.54 Å². The molecule has 16 heavy (non-hydrogen) atoms. The van der Waals surface area contributed by atoms with Crippen LogP contribution in [0.15, 0.2) is 0 Å². The number of nitrogens with two attached hydrogens (primary N) is 1. The average Bonchev–Trinajstić information content (AvgIpc) is 2.65. The van der Waals surface area contributed by atoms with Crippen molar-refractivity contribution in [3.8, 4) is 0 Å². The number of nitrogens with zero attached hydrogens (tertiary/aromatic N) is 1. The van der Waals surface area contributed by atoms with Gasteiger partial charge in [0.05, 0.1) is 6.61 Å². The zero-order chi connectivity index (χ0) is 12.0. The van der Waals surface area contributed by atoms with Crippen LogP contribution < -0.4 is 11.1 Å². The van der Waals surface area contributed by atoms with Crippen molar-refractivity contribution in [2.45, 2.75) is 24.8 Å². The highest BCUT2D eigenvalue weighted by Gasteiger charge is 2.37. The van der Waals surface area contributed by atoms with E-state index >= 15 is 0 Å². The summed E-state index contributed by atoms with van der Waals surface area (Å²) in [6.45, 7) is 2.68. The number of carbonyl (C=O) groups is 1. The number of ether oxygens (including phenoxy) is 1. The molecule has 1 amide bonds. The van der Waals surface area contributed by atoms with Gasteiger partial charge in [-0.3, -0.25) is 4.79 Å². The van der Waals surface area contributed by atoms with Gasteiger partial charge >= 0.3 is 0 Å². The Labute approximate surface area is 97.3 Å². The van der Waals surface area contributed by atoms with Crippen LogP contribution in [0.1, 0.15) is 19.3 Å². The van der Waals surface area contributed by atoms with Crippen molar-refractivity contribution < 1.29 is 9.53 Å². The van der Waals surface area contributed by atoms with Gasteiger partial charge in [0.15, 0.2) is 0 Å². The van der Waals surface area contributed by atoms with Crippen LogP contribution >= 0.6 is 0 Å². The molecular formula is C11H23N3O2. The Hall–Kier alpha value is -0.650. The summed E-state index contributed by atoms with van der Waals surface area (Å²) >= 11 is 0. The summed E-state index contributed by atoms with van der Waals surface area (Å²) in [6, 6.07) is 0. The summed E-state index contributed by atoms with van der Waals surface area (Å²) in [5.74, 6) is -0.0742. The maximum Gasteiger partial charge on any atom is 0.242 e. The fraction of sp³-hybridized carbons (Fsp3) is 0.909. The van der Waals surface area contributed by atoms with Crippen LogP contribution in [0.3, 0.4) is 0 Å². The first-order valence-corrected chi connectivity index (χ1v) is 5.84. The maximum atomic E-state index is 11.7.